The summed E-state index contributed by atoms with van der Waals surface area (Å²) in [5.74, 6) is 1.10. The molecule has 0 aromatic heterocycles. The average Bonchev–Trinajstić information content (AvgIpc) is 3.23. The third-order valence-corrected chi connectivity index (χ3v) is 6.93. The van der Waals surface area contributed by atoms with Crippen molar-refractivity contribution < 1.29 is 9.90 Å². The van der Waals surface area contributed by atoms with Gasteiger partial charge in [0, 0.05) is 16.3 Å². The third-order valence-electron chi connectivity index (χ3n) is 6.58. The van der Waals surface area contributed by atoms with Crippen LogP contribution in [0.2, 0.25) is 5.02 Å². The Labute approximate surface area is 152 Å². The van der Waals surface area contributed by atoms with Crippen LogP contribution in [0.15, 0.2) is 42.5 Å². The summed E-state index contributed by atoms with van der Waals surface area (Å²) in [6.45, 7) is 0. The number of benzene rings is 2. The molecule has 2 aromatic rings. The topological polar surface area (TPSA) is 52.2 Å². The second-order valence-corrected chi connectivity index (χ2v) is 8.04. The van der Waals surface area contributed by atoms with Crippen molar-refractivity contribution in [3.63, 3.8) is 0 Å². The Balaban J connectivity index is 1.70. The minimum atomic E-state index is -1.12. The second kappa shape index (κ2) is 5.50. The predicted molar refractivity (Wildman–Crippen MR) is 95.7 cm³/mol. The maximum atomic E-state index is 11.7. The van der Waals surface area contributed by atoms with Crippen molar-refractivity contribution in [3.05, 3.63) is 64.2 Å². The number of carbonyl (C=O) groups excluding carboxylic acids is 1. The highest BCUT2D eigenvalue weighted by molar-refractivity contribution is 6.31. The van der Waals surface area contributed by atoms with Crippen LogP contribution in [0.4, 0.5) is 5.69 Å². The Morgan fingerprint density at radius 1 is 1.04 bits per heavy atom. The first-order valence-electron chi connectivity index (χ1n) is 9.00. The molecule has 5 atom stereocenters. The fourth-order valence-corrected chi connectivity index (χ4v) is 5.97. The molecule has 3 aliphatic rings. The monoisotopic (exact) mass is 352 g/mol. The van der Waals surface area contributed by atoms with E-state index in [4.69, 9.17) is 11.6 Å². The maximum absolute atomic E-state index is 11.7. The van der Waals surface area contributed by atoms with Gasteiger partial charge in [0.15, 0.2) is 0 Å². The zero-order valence-electron chi connectivity index (χ0n) is 13.7. The molecule has 2 saturated carbocycles. The number of halogens is 1. The number of carboxylic acids is 1. The van der Waals surface area contributed by atoms with Crippen LogP contribution < -0.4 is 10.4 Å². The van der Waals surface area contributed by atoms with Crippen molar-refractivity contribution in [1.82, 2.24) is 0 Å². The number of para-hydroxylation sites is 1. The Bertz CT molecular complexity index is 865. The van der Waals surface area contributed by atoms with Gasteiger partial charge in [-0.05, 0) is 60.1 Å². The molecule has 2 bridgehead atoms. The van der Waals surface area contributed by atoms with Gasteiger partial charge in [0.05, 0.1) is 12.0 Å². The summed E-state index contributed by atoms with van der Waals surface area (Å²) in [5.41, 5.74) is 3.23. The van der Waals surface area contributed by atoms with E-state index < -0.39 is 5.97 Å². The van der Waals surface area contributed by atoms with E-state index in [0.29, 0.717) is 23.7 Å². The fraction of sp³-hybridized carbons (Fsp3) is 0.381. The molecule has 1 aliphatic heterocycles. The van der Waals surface area contributed by atoms with Crippen LogP contribution in [0.1, 0.15) is 52.7 Å². The van der Waals surface area contributed by atoms with Crippen molar-refractivity contribution in [1.29, 1.82) is 0 Å². The zero-order valence-corrected chi connectivity index (χ0v) is 14.5. The molecule has 1 heterocycles. The third kappa shape index (κ3) is 2.15. The van der Waals surface area contributed by atoms with E-state index in [9.17, 15) is 9.90 Å². The van der Waals surface area contributed by atoms with Gasteiger partial charge in [-0.25, -0.2) is 0 Å². The van der Waals surface area contributed by atoms with Gasteiger partial charge in [-0.3, -0.25) is 0 Å². The summed E-state index contributed by atoms with van der Waals surface area (Å²) in [6.07, 6.45) is 3.76. The summed E-state index contributed by atoms with van der Waals surface area (Å²) in [4.78, 5) is 11.7. The highest BCUT2D eigenvalue weighted by Gasteiger charge is 2.54. The number of carboxylic acid groups (broad SMARTS) is 1. The summed E-state index contributed by atoms with van der Waals surface area (Å²) in [5, 5.41) is 16.0. The first-order valence-corrected chi connectivity index (χ1v) is 9.38. The van der Waals surface area contributed by atoms with Crippen molar-refractivity contribution in [2.45, 2.75) is 31.2 Å². The number of hydrogen-bond acceptors (Lipinski definition) is 3. The summed E-state index contributed by atoms with van der Waals surface area (Å²) in [6, 6.07) is 13.6. The molecule has 0 unspecified atom stereocenters. The number of anilines is 1. The number of nitrogens with one attached hydrogen (secondary N) is 1. The van der Waals surface area contributed by atoms with Crippen LogP contribution in [-0.2, 0) is 0 Å². The van der Waals surface area contributed by atoms with Crippen LogP contribution in [-0.4, -0.2) is 5.97 Å². The summed E-state index contributed by atoms with van der Waals surface area (Å²) < 4.78 is 0. The van der Waals surface area contributed by atoms with E-state index in [2.05, 4.69) is 17.4 Å². The Morgan fingerprint density at radius 2 is 1.80 bits per heavy atom. The summed E-state index contributed by atoms with van der Waals surface area (Å²) >= 11 is 6.51. The van der Waals surface area contributed by atoms with E-state index in [1.807, 2.05) is 24.3 Å². The normalized spacial score (nSPS) is 32.0. The van der Waals surface area contributed by atoms with Gasteiger partial charge in [-0.15, -0.1) is 0 Å². The van der Waals surface area contributed by atoms with E-state index in [-0.39, 0.29) is 11.6 Å². The molecule has 0 amide bonds. The fourth-order valence-electron chi connectivity index (χ4n) is 5.72. The lowest BCUT2D eigenvalue weighted by Gasteiger charge is -2.44. The molecule has 0 spiro atoms. The molecule has 2 aromatic carbocycles. The van der Waals surface area contributed by atoms with Gasteiger partial charge >= 0.3 is 0 Å². The molecule has 25 heavy (non-hydrogen) atoms. The number of carbonyl (C=O) groups is 1. The minimum Gasteiger partial charge on any atom is -0.545 e. The number of rotatable bonds is 2. The van der Waals surface area contributed by atoms with Crippen LogP contribution >= 0.6 is 11.6 Å². The lowest BCUT2D eigenvalue weighted by molar-refractivity contribution is -0.254. The van der Waals surface area contributed by atoms with Gasteiger partial charge in [0.2, 0.25) is 0 Å². The van der Waals surface area contributed by atoms with Crippen molar-refractivity contribution >= 4 is 23.3 Å². The summed E-state index contributed by atoms with van der Waals surface area (Å²) in [7, 11) is 0. The van der Waals surface area contributed by atoms with E-state index in [0.717, 1.165) is 21.8 Å². The molecule has 5 rings (SSSR count). The van der Waals surface area contributed by atoms with Crippen LogP contribution in [0.5, 0.6) is 0 Å². The van der Waals surface area contributed by atoms with Crippen molar-refractivity contribution in [2.75, 3.05) is 5.32 Å². The molecule has 4 heteroatoms. The van der Waals surface area contributed by atoms with Crippen molar-refractivity contribution in [2.24, 2.45) is 17.8 Å². The van der Waals surface area contributed by atoms with Crippen LogP contribution in [0, 0.1) is 17.8 Å². The lowest BCUT2D eigenvalue weighted by atomic mass is 9.67. The van der Waals surface area contributed by atoms with Gasteiger partial charge in [-0.2, -0.15) is 0 Å². The van der Waals surface area contributed by atoms with Crippen LogP contribution in [0.25, 0.3) is 0 Å². The van der Waals surface area contributed by atoms with Crippen molar-refractivity contribution in [3.8, 4) is 0 Å². The highest BCUT2D eigenvalue weighted by Crippen LogP contribution is 2.64. The van der Waals surface area contributed by atoms with Gasteiger partial charge in [-0.1, -0.05) is 48.0 Å². The minimum absolute atomic E-state index is 0.0574. The smallest absolute Gasteiger partial charge is 0.0736 e. The standard InChI is InChI=1S/C21H20ClNO2/c22-16-7-2-1-4-13(16)20-18-12-9-8-11(10-12)17(18)14-5-3-6-15(21(24)25)19(14)23-20/h1-7,11-12,17-18,20,23H,8-10H2,(H,24,25)/p-1/t11-,12-,17+,18+,20-/m0/s1. The quantitative estimate of drug-likeness (QED) is 0.888. The molecule has 128 valence electrons. The molecular formula is C21H19ClNO2-. The predicted octanol–water partition coefficient (Wildman–Crippen LogP) is 4.00. The first-order chi connectivity index (χ1) is 12.1. The molecule has 0 saturated heterocycles. The second-order valence-electron chi connectivity index (χ2n) is 7.64. The SMILES string of the molecule is O=C([O-])c1cccc2c1N[C@@H](c1ccccc1Cl)[C@@H]1[C@H]3CC[C@@H](C3)[C@H]21. The first kappa shape index (κ1) is 15.3. The molecule has 2 fully saturated rings. The Kier molecular flexibility index (Phi) is 3.36. The molecule has 1 N–H and O–H groups in total. The number of hydrogen-bond donors (Lipinski definition) is 1. The molecule has 2 aliphatic carbocycles. The average molecular weight is 353 g/mol. The number of aromatic carboxylic acids is 1. The van der Waals surface area contributed by atoms with E-state index in [1.54, 1.807) is 6.07 Å². The molecule has 0 radical (unpaired) electrons. The molecular weight excluding hydrogens is 334 g/mol. The van der Waals surface area contributed by atoms with Gasteiger partial charge < -0.3 is 15.2 Å². The number of fused-ring (bicyclic) bond motifs is 7. The zero-order chi connectivity index (χ0) is 17.1. The van der Waals surface area contributed by atoms with E-state index >= 15 is 0 Å². The highest BCUT2D eigenvalue weighted by atomic mass is 35.5. The van der Waals surface area contributed by atoms with Crippen LogP contribution in [0.3, 0.4) is 0 Å². The molecule has 3 nitrogen and oxygen atoms in total. The maximum Gasteiger partial charge on any atom is 0.0736 e. The van der Waals surface area contributed by atoms with Gasteiger partial charge in [0.1, 0.15) is 0 Å². The lowest BCUT2D eigenvalue weighted by Crippen LogP contribution is -2.37. The van der Waals surface area contributed by atoms with E-state index in [1.165, 1.54) is 19.3 Å². The Morgan fingerprint density at radius 3 is 2.60 bits per heavy atom. The largest absolute Gasteiger partial charge is 0.545 e. The van der Waals surface area contributed by atoms with Gasteiger partial charge in [0.25, 0.3) is 0 Å². The Hall–Kier alpha value is -2.00.